The average molecular weight is 238 g/mol. The summed E-state index contributed by atoms with van der Waals surface area (Å²) in [7, 11) is 0. The van der Waals surface area contributed by atoms with Gasteiger partial charge in [-0.2, -0.15) is 0 Å². The molecule has 0 fully saturated rings. The maximum absolute atomic E-state index is 11.1. The number of hydrogen-bond donors (Lipinski definition) is 2. The summed E-state index contributed by atoms with van der Waals surface area (Å²) in [6, 6.07) is 9.33. The zero-order valence-corrected chi connectivity index (χ0v) is 9.47. The van der Waals surface area contributed by atoms with Crippen molar-refractivity contribution in [3.05, 3.63) is 48.3 Å². The van der Waals surface area contributed by atoms with Crippen LogP contribution in [-0.2, 0) is 0 Å². The SMILES string of the molecule is C=Cc1nc(C(=O)O)cc2c1[nH]c1ccccc12. The highest BCUT2D eigenvalue weighted by molar-refractivity contribution is 6.10. The maximum Gasteiger partial charge on any atom is 0.354 e. The Morgan fingerprint density at radius 1 is 1.33 bits per heavy atom. The summed E-state index contributed by atoms with van der Waals surface area (Å²) in [5.41, 5.74) is 2.36. The molecule has 2 heterocycles. The molecule has 88 valence electrons. The van der Waals surface area contributed by atoms with Crippen LogP contribution in [0.15, 0.2) is 36.9 Å². The fourth-order valence-electron chi connectivity index (χ4n) is 2.13. The van der Waals surface area contributed by atoms with E-state index in [0.717, 1.165) is 21.8 Å². The molecule has 0 atom stereocenters. The Bertz CT molecular complexity index is 787. The van der Waals surface area contributed by atoms with Gasteiger partial charge < -0.3 is 10.1 Å². The highest BCUT2D eigenvalue weighted by atomic mass is 16.4. The summed E-state index contributed by atoms with van der Waals surface area (Å²) in [5.74, 6) is -1.04. The van der Waals surface area contributed by atoms with Gasteiger partial charge in [-0.3, -0.25) is 0 Å². The minimum absolute atomic E-state index is 0.0298. The molecule has 2 N–H and O–H groups in total. The molecule has 0 aliphatic heterocycles. The number of benzene rings is 1. The number of nitrogens with one attached hydrogen (secondary N) is 1. The van der Waals surface area contributed by atoms with E-state index < -0.39 is 5.97 Å². The number of pyridine rings is 1. The Kier molecular flexibility index (Phi) is 2.16. The highest BCUT2D eigenvalue weighted by Gasteiger charge is 2.13. The van der Waals surface area contributed by atoms with Crippen LogP contribution in [-0.4, -0.2) is 21.0 Å². The monoisotopic (exact) mass is 238 g/mol. The summed E-state index contributed by atoms with van der Waals surface area (Å²) >= 11 is 0. The number of aromatic amines is 1. The van der Waals surface area contributed by atoms with E-state index in [2.05, 4.69) is 16.5 Å². The number of carboxylic acid groups (broad SMARTS) is 1. The molecule has 2 aromatic heterocycles. The van der Waals surface area contributed by atoms with Gasteiger partial charge in [-0.05, 0) is 18.2 Å². The number of hydrogen-bond acceptors (Lipinski definition) is 2. The molecule has 18 heavy (non-hydrogen) atoms. The van der Waals surface area contributed by atoms with E-state index in [1.54, 1.807) is 12.1 Å². The van der Waals surface area contributed by atoms with Crippen molar-refractivity contribution in [2.24, 2.45) is 0 Å². The lowest BCUT2D eigenvalue weighted by Crippen LogP contribution is -2.01. The Labute approximate surface area is 103 Å². The molecular formula is C14H10N2O2. The van der Waals surface area contributed by atoms with Crippen LogP contribution in [0.1, 0.15) is 16.2 Å². The average Bonchev–Trinajstić information content (AvgIpc) is 2.76. The molecule has 0 aliphatic carbocycles. The van der Waals surface area contributed by atoms with Crippen LogP contribution in [0.3, 0.4) is 0 Å². The molecule has 4 nitrogen and oxygen atoms in total. The largest absolute Gasteiger partial charge is 0.477 e. The number of carboxylic acids is 1. The number of rotatable bonds is 2. The molecule has 0 saturated carbocycles. The normalized spacial score (nSPS) is 10.9. The predicted octanol–water partition coefficient (Wildman–Crippen LogP) is 3.06. The van der Waals surface area contributed by atoms with Crippen molar-refractivity contribution in [2.75, 3.05) is 0 Å². The summed E-state index contributed by atoms with van der Waals surface area (Å²) in [6.07, 6.45) is 1.56. The Morgan fingerprint density at radius 2 is 2.11 bits per heavy atom. The summed E-state index contributed by atoms with van der Waals surface area (Å²) in [5, 5.41) is 10.9. The molecule has 0 bridgehead atoms. The molecule has 0 spiro atoms. The molecule has 3 aromatic rings. The first-order chi connectivity index (χ1) is 8.70. The maximum atomic E-state index is 11.1. The highest BCUT2D eigenvalue weighted by Crippen LogP contribution is 2.27. The van der Waals surface area contributed by atoms with Gasteiger partial charge in [0.1, 0.15) is 5.69 Å². The van der Waals surface area contributed by atoms with Gasteiger partial charge in [-0.25, -0.2) is 9.78 Å². The van der Waals surface area contributed by atoms with Crippen molar-refractivity contribution in [1.82, 2.24) is 9.97 Å². The van der Waals surface area contributed by atoms with Gasteiger partial charge in [0.2, 0.25) is 0 Å². The lowest BCUT2D eigenvalue weighted by Gasteiger charge is -1.99. The van der Waals surface area contributed by atoms with Gasteiger partial charge in [0, 0.05) is 16.3 Å². The van der Waals surface area contributed by atoms with Crippen LogP contribution in [0.2, 0.25) is 0 Å². The number of fused-ring (bicyclic) bond motifs is 3. The second kappa shape index (κ2) is 3.70. The van der Waals surface area contributed by atoms with Gasteiger partial charge in [-0.15, -0.1) is 0 Å². The smallest absolute Gasteiger partial charge is 0.354 e. The first-order valence-electron chi connectivity index (χ1n) is 5.48. The van der Waals surface area contributed by atoms with Crippen LogP contribution in [0, 0.1) is 0 Å². The second-order valence-electron chi connectivity index (χ2n) is 4.00. The number of H-pyrrole nitrogens is 1. The van der Waals surface area contributed by atoms with Crippen LogP contribution in [0.25, 0.3) is 27.9 Å². The van der Waals surface area contributed by atoms with Crippen LogP contribution in [0.4, 0.5) is 0 Å². The Balaban J connectivity index is 2.52. The Morgan fingerprint density at radius 3 is 2.83 bits per heavy atom. The molecule has 0 amide bonds. The van der Waals surface area contributed by atoms with Crippen molar-refractivity contribution >= 4 is 33.9 Å². The van der Waals surface area contributed by atoms with E-state index in [1.165, 1.54) is 0 Å². The van der Waals surface area contributed by atoms with Crippen molar-refractivity contribution < 1.29 is 9.90 Å². The summed E-state index contributed by atoms with van der Waals surface area (Å²) in [6.45, 7) is 3.68. The molecule has 0 aliphatic rings. The first kappa shape index (κ1) is 10.5. The minimum atomic E-state index is -1.04. The third-order valence-electron chi connectivity index (χ3n) is 2.94. The van der Waals surface area contributed by atoms with Crippen molar-refractivity contribution in [3.63, 3.8) is 0 Å². The third-order valence-corrected chi connectivity index (χ3v) is 2.94. The second-order valence-corrected chi connectivity index (χ2v) is 4.00. The van der Waals surface area contributed by atoms with E-state index in [-0.39, 0.29) is 5.69 Å². The molecule has 4 heteroatoms. The quantitative estimate of drug-likeness (QED) is 0.721. The topological polar surface area (TPSA) is 66.0 Å². The van der Waals surface area contributed by atoms with Gasteiger partial charge >= 0.3 is 5.97 Å². The van der Waals surface area contributed by atoms with Crippen LogP contribution >= 0.6 is 0 Å². The zero-order valence-electron chi connectivity index (χ0n) is 9.47. The fourth-order valence-corrected chi connectivity index (χ4v) is 2.13. The zero-order chi connectivity index (χ0) is 12.7. The number of nitrogens with zero attached hydrogens (tertiary/aromatic N) is 1. The van der Waals surface area contributed by atoms with Gasteiger partial charge in [0.15, 0.2) is 0 Å². The van der Waals surface area contributed by atoms with Crippen molar-refractivity contribution in [1.29, 1.82) is 0 Å². The van der Waals surface area contributed by atoms with E-state index in [4.69, 9.17) is 5.11 Å². The minimum Gasteiger partial charge on any atom is -0.477 e. The standard InChI is InChI=1S/C14H10N2O2/c1-2-10-13-9(7-12(15-10)14(17)18)8-5-3-4-6-11(8)16-13/h2-7,16H,1H2,(H,17,18). The number of aromatic nitrogens is 2. The van der Waals surface area contributed by atoms with Gasteiger partial charge in [0.05, 0.1) is 11.2 Å². The molecule has 0 unspecified atom stereocenters. The summed E-state index contributed by atoms with van der Waals surface area (Å²) in [4.78, 5) is 18.4. The molecule has 0 radical (unpaired) electrons. The first-order valence-corrected chi connectivity index (χ1v) is 5.48. The fraction of sp³-hybridized carbons (Fsp3) is 0. The van der Waals surface area contributed by atoms with Crippen LogP contribution in [0.5, 0.6) is 0 Å². The number of carbonyl (C=O) groups is 1. The number of aromatic carboxylic acids is 1. The molecule has 1 aromatic carbocycles. The van der Waals surface area contributed by atoms with Gasteiger partial charge in [-0.1, -0.05) is 24.8 Å². The molecular weight excluding hydrogens is 228 g/mol. The predicted molar refractivity (Wildman–Crippen MR) is 70.7 cm³/mol. The lowest BCUT2D eigenvalue weighted by atomic mass is 10.1. The van der Waals surface area contributed by atoms with E-state index >= 15 is 0 Å². The van der Waals surface area contributed by atoms with E-state index in [0.29, 0.717) is 5.69 Å². The number of para-hydroxylation sites is 1. The molecule has 0 saturated heterocycles. The van der Waals surface area contributed by atoms with E-state index in [9.17, 15) is 4.79 Å². The Hall–Kier alpha value is -2.62. The lowest BCUT2D eigenvalue weighted by molar-refractivity contribution is 0.0690. The molecule has 3 rings (SSSR count). The van der Waals surface area contributed by atoms with Crippen molar-refractivity contribution in [2.45, 2.75) is 0 Å². The summed E-state index contributed by atoms with van der Waals surface area (Å²) < 4.78 is 0. The van der Waals surface area contributed by atoms with E-state index in [1.807, 2.05) is 24.3 Å². The van der Waals surface area contributed by atoms with Crippen LogP contribution < -0.4 is 0 Å². The van der Waals surface area contributed by atoms with Gasteiger partial charge in [0.25, 0.3) is 0 Å². The third kappa shape index (κ3) is 1.39. The van der Waals surface area contributed by atoms with Crippen molar-refractivity contribution in [3.8, 4) is 0 Å².